The van der Waals surface area contributed by atoms with E-state index in [0.29, 0.717) is 38.2 Å². The van der Waals surface area contributed by atoms with Crippen LogP contribution in [0.25, 0.3) is 0 Å². The van der Waals surface area contributed by atoms with Crippen LogP contribution in [0.2, 0.25) is 0 Å². The number of rotatable bonds is 2. The first kappa shape index (κ1) is 15.9. The topological polar surface area (TPSA) is 60.9 Å². The number of halogens is 1. The largest absolute Gasteiger partial charge is 0.392 e. The van der Waals surface area contributed by atoms with Gasteiger partial charge in [-0.1, -0.05) is 0 Å². The monoisotopic (exact) mass is 320 g/mol. The van der Waals surface area contributed by atoms with Gasteiger partial charge in [-0.25, -0.2) is 4.39 Å². The van der Waals surface area contributed by atoms with E-state index in [0.717, 1.165) is 12.8 Å². The van der Waals surface area contributed by atoms with Crippen LogP contribution in [0.1, 0.15) is 29.6 Å². The smallest absolute Gasteiger partial charge is 0.253 e. The SMILES string of the molecule is O=C(c1ccc(F)cc1)N1CCN(C(=O)C2CCCC2O)CC1. The molecule has 1 saturated heterocycles. The molecule has 5 nitrogen and oxygen atoms in total. The van der Waals surface area contributed by atoms with Crippen LogP contribution in [0.3, 0.4) is 0 Å². The van der Waals surface area contributed by atoms with Gasteiger partial charge in [0.05, 0.1) is 12.0 Å². The fraction of sp³-hybridized carbons (Fsp3) is 0.529. The van der Waals surface area contributed by atoms with Crippen LogP contribution >= 0.6 is 0 Å². The molecule has 2 atom stereocenters. The normalized spacial score (nSPS) is 24.8. The summed E-state index contributed by atoms with van der Waals surface area (Å²) < 4.78 is 12.9. The summed E-state index contributed by atoms with van der Waals surface area (Å²) in [5.41, 5.74) is 0.456. The number of nitrogens with zero attached hydrogens (tertiary/aromatic N) is 2. The lowest BCUT2D eigenvalue weighted by atomic mass is 10.0. The first-order chi connectivity index (χ1) is 11.1. The van der Waals surface area contributed by atoms with E-state index in [1.54, 1.807) is 9.80 Å². The van der Waals surface area contributed by atoms with Gasteiger partial charge in [0.1, 0.15) is 5.82 Å². The van der Waals surface area contributed by atoms with E-state index in [9.17, 15) is 19.1 Å². The van der Waals surface area contributed by atoms with Gasteiger partial charge in [-0.05, 0) is 43.5 Å². The Morgan fingerprint density at radius 3 is 2.17 bits per heavy atom. The van der Waals surface area contributed by atoms with Gasteiger partial charge in [0.25, 0.3) is 5.91 Å². The van der Waals surface area contributed by atoms with E-state index in [-0.39, 0.29) is 23.5 Å². The lowest BCUT2D eigenvalue weighted by Gasteiger charge is -2.36. The summed E-state index contributed by atoms with van der Waals surface area (Å²) in [4.78, 5) is 28.2. The van der Waals surface area contributed by atoms with Crippen LogP contribution in [-0.2, 0) is 4.79 Å². The Morgan fingerprint density at radius 1 is 1.00 bits per heavy atom. The molecule has 1 saturated carbocycles. The third-order valence-corrected chi connectivity index (χ3v) is 4.77. The number of piperazine rings is 1. The average molecular weight is 320 g/mol. The van der Waals surface area contributed by atoms with E-state index >= 15 is 0 Å². The minimum absolute atomic E-state index is 0.00359. The average Bonchev–Trinajstić information content (AvgIpc) is 3.00. The van der Waals surface area contributed by atoms with E-state index in [1.165, 1.54) is 24.3 Å². The lowest BCUT2D eigenvalue weighted by Crippen LogP contribution is -2.52. The van der Waals surface area contributed by atoms with Crippen molar-refractivity contribution in [3.63, 3.8) is 0 Å². The van der Waals surface area contributed by atoms with Gasteiger partial charge in [-0.2, -0.15) is 0 Å². The summed E-state index contributed by atoms with van der Waals surface area (Å²) >= 11 is 0. The zero-order valence-electron chi connectivity index (χ0n) is 12.9. The van der Waals surface area contributed by atoms with Gasteiger partial charge < -0.3 is 14.9 Å². The van der Waals surface area contributed by atoms with Gasteiger partial charge in [0, 0.05) is 31.7 Å². The molecule has 0 spiro atoms. The molecule has 2 fully saturated rings. The maximum absolute atomic E-state index is 12.9. The molecular formula is C17H21FN2O3. The Morgan fingerprint density at radius 2 is 1.61 bits per heavy atom. The van der Waals surface area contributed by atoms with Crippen LogP contribution in [0.4, 0.5) is 4.39 Å². The van der Waals surface area contributed by atoms with Gasteiger partial charge in [0.2, 0.25) is 5.91 Å². The highest BCUT2D eigenvalue weighted by atomic mass is 19.1. The fourth-order valence-electron chi connectivity index (χ4n) is 3.37. The number of carbonyl (C=O) groups is 2. The first-order valence-corrected chi connectivity index (χ1v) is 8.08. The van der Waals surface area contributed by atoms with Crippen molar-refractivity contribution in [1.82, 2.24) is 9.80 Å². The third-order valence-electron chi connectivity index (χ3n) is 4.77. The van der Waals surface area contributed by atoms with E-state index in [2.05, 4.69) is 0 Å². The molecule has 23 heavy (non-hydrogen) atoms. The van der Waals surface area contributed by atoms with Crippen LogP contribution in [-0.4, -0.2) is 59.0 Å². The van der Waals surface area contributed by atoms with Crippen molar-refractivity contribution in [1.29, 1.82) is 0 Å². The highest BCUT2D eigenvalue weighted by molar-refractivity contribution is 5.94. The number of carbonyl (C=O) groups excluding carboxylic acids is 2. The summed E-state index contributed by atoms with van der Waals surface area (Å²) in [6, 6.07) is 5.50. The van der Waals surface area contributed by atoms with Crippen molar-refractivity contribution in [2.45, 2.75) is 25.4 Å². The molecule has 1 heterocycles. The number of benzene rings is 1. The second kappa shape index (κ2) is 6.66. The van der Waals surface area contributed by atoms with Gasteiger partial charge >= 0.3 is 0 Å². The fourth-order valence-corrected chi connectivity index (χ4v) is 3.37. The van der Waals surface area contributed by atoms with Crippen molar-refractivity contribution in [2.75, 3.05) is 26.2 Å². The zero-order valence-corrected chi connectivity index (χ0v) is 12.9. The summed E-state index contributed by atoms with van der Waals surface area (Å²) in [5.74, 6) is -0.789. The van der Waals surface area contributed by atoms with Crippen LogP contribution < -0.4 is 0 Å². The zero-order chi connectivity index (χ0) is 16.4. The van der Waals surface area contributed by atoms with Crippen molar-refractivity contribution < 1.29 is 19.1 Å². The molecule has 0 aromatic heterocycles. The summed E-state index contributed by atoms with van der Waals surface area (Å²) in [7, 11) is 0. The number of hydrogen-bond donors (Lipinski definition) is 1. The third kappa shape index (κ3) is 3.37. The second-order valence-electron chi connectivity index (χ2n) is 6.23. The Kier molecular flexibility index (Phi) is 4.61. The number of aliphatic hydroxyl groups is 1. The standard InChI is InChI=1S/C17H21FN2O3/c18-13-6-4-12(5-7-13)16(22)19-8-10-20(11-9-19)17(23)14-2-1-3-15(14)21/h4-7,14-15,21H,1-3,8-11H2. The summed E-state index contributed by atoms with van der Waals surface area (Å²) in [6.45, 7) is 1.89. The second-order valence-corrected chi connectivity index (χ2v) is 6.23. The number of hydrogen-bond acceptors (Lipinski definition) is 3. The predicted octanol–water partition coefficient (Wildman–Crippen LogP) is 1.27. The Hall–Kier alpha value is -1.95. The van der Waals surface area contributed by atoms with Gasteiger partial charge in [-0.3, -0.25) is 9.59 Å². The van der Waals surface area contributed by atoms with Gasteiger partial charge in [0.15, 0.2) is 0 Å². The minimum Gasteiger partial charge on any atom is -0.392 e. The van der Waals surface area contributed by atoms with E-state index in [1.807, 2.05) is 0 Å². The van der Waals surface area contributed by atoms with Crippen LogP contribution in [0.15, 0.2) is 24.3 Å². The number of aliphatic hydroxyl groups excluding tert-OH is 1. The van der Waals surface area contributed by atoms with Crippen LogP contribution in [0.5, 0.6) is 0 Å². The molecule has 0 radical (unpaired) electrons. The highest BCUT2D eigenvalue weighted by Gasteiger charge is 2.35. The lowest BCUT2D eigenvalue weighted by molar-refractivity contribution is -0.139. The van der Waals surface area contributed by atoms with Crippen molar-refractivity contribution in [3.8, 4) is 0 Å². The molecule has 2 unspecified atom stereocenters. The Balaban J connectivity index is 1.56. The molecule has 1 aliphatic heterocycles. The number of amides is 2. The molecule has 3 rings (SSSR count). The first-order valence-electron chi connectivity index (χ1n) is 8.08. The van der Waals surface area contributed by atoms with Crippen molar-refractivity contribution in [2.24, 2.45) is 5.92 Å². The van der Waals surface area contributed by atoms with E-state index in [4.69, 9.17) is 0 Å². The molecule has 6 heteroatoms. The van der Waals surface area contributed by atoms with E-state index < -0.39 is 6.10 Å². The Bertz CT molecular complexity index is 582. The molecule has 2 amide bonds. The summed E-state index contributed by atoms with van der Waals surface area (Å²) in [6.07, 6.45) is 1.80. The van der Waals surface area contributed by atoms with Gasteiger partial charge in [-0.15, -0.1) is 0 Å². The Labute approximate surface area is 134 Å². The molecule has 1 aromatic rings. The quantitative estimate of drug-likeness (QED) is 0.893. The maximum atomic E-state index is 12.9. The molecule has 1 N–H and O–H groups in total. The molecule has 1 aliphatic carbocycles. The predicted molar refractivity (Wildman–Crippen MR) is 82.2 cm³/mol. The van der Waals surface area contributed by atoms with Crippen molar-refractivity contribution >= 4 is 11.8 Å². The molecule has 124 valence electrons. The maximum Gasteiger partial charge on any atom is 0.253 e. The molecular weight excluding hydrogens is 299 g/mol. The minimum atomic E-state index is -0.527. The highest BCUT2D eigenvalue weighted by Crippen LogP contribution is 2.27. The molecule has 2 aliphatic rings. The molecule has 1 aromatic carbocycles. The molecule has 0 bridgehead atoms. The summed E-state index contributed by atoms with van der Waals surface area (Å²) in [5, 5.41) is 9.86. The van der Waals surface area contributed by atoms with Crippen LogP contribution in [0, 0.1) is 11.7 Å². The van der Waals surface area contributed by atoms with Crippen molar-refractivity contribution in [3.05, 3.63) is 35.6 Å².